The fourth-order valence-corrected chi connectivity index (χ4v) is 2.35. The van der Waals surface area contributed by atoms with Crippen LogP contribution in [0.15, 0.2) is 48.5 Å². The molecule has 1 atom stereocenters. The summed E-state index contributed by atoms with van der Waals surface area (Å²) in [6.07, 6.45) is 1.01. The van der Waals surface area contributed by atoms with E-state index in [2.05, 4.69) is 12.2 Å². The normalized spacial score (nSPS) is 11.6. The number of anilines is 1. The van der Waals surface area contributed by atoms with E-state index < -0.39 is 6.10 Å². The van der Waals surface area contributed by atoms with Gasteiger partial charge in [0.15, 0.2) is 6.10 Å². The van der Waals surface area contributed by atoms with Crippen molar-refractivity contribution in [2.45, 2.75) is 39.7 Å². The number of nitrogens with one attached hydrogen (secondary N) is 1. The zero-order valence-corrected chi connectivity index (χ0v) is 14.5. The third-order valence-corrected chi connectivity index (χ3v) is 3.72. The van der Waals surface area contributed by atoms with Gasteiger partial charge in [-0.1, -0.05) is 38.1 Å². The van der Waals surface area contributed by atoms with Crippen molar-refractivity contribution < 1.29 is 14.3 Å². The van der Waals surface area contributed by atoms with Gasteiger partial charge in [-0.25, -0.2) is 0 Å². The third kappa shape index (κ3) is 4.75. The molecule has 4 nitrogen and oxygen atoms in total. The number of carbonyl (C=O) groups is 1. The Hall–Kier alpha value is -2.49. The first kappa shape index (κ1) is 17.9. The van der Waals surface area contributed by atoms with Crippen LogP contribution in [0.4, 0.5) is 5.69 Å². The standard InChI is InChI=1S/C20H25NO3/c1-4-15-11-13-16(14-12-15)24-18(5-2)20(22)21-17-9-7-8-10-19(17)23-6-3/h7-14,18H,4-6H2,1-3H3,(H,21,22). The van der Waals surface area contributed by atoms with Crippen molar-refractivity contribution in [3.05, 3.63) is 54.1 Å². The molecular formula is C20H25NO3. The minimum Gasteiger partial charge on any atom is -0.492 e. The summed E-state index contributed by atoms with van der Waals surface area (Å²) in [6, 6.07) is 15.3. The molecule has 0 aromatic heterocycles. The number of aryl methyl sites for hydroxylation is 1. The highest BCUT2D eigenvalue weighted by Crippen LogP contribution is 2.24. The second kappa shape index (κ2) is 8.96. The quantitative estimate of drug-likeness (QED) is 0.779. The van der Waals surface area contributed by atoms with Gasteiger partial charge in [0.1, 0.15) is 11.5 Å². The van der Waals surface area contributed by atoms with E-state index in [4.69, 9.17) is 9.47 Å². The Kier molecular flexibility index (Phi) is 6.67. The van der Waals surface area contributed by atoms with E-state index >= 15 is 0 Å². The van der Waals surface area contributed by atoms with Crippen molar-refractivity contribution in [2.75, 3.05) is 11.9 Å². The SMILES string of the molecule is CCOc1ccccc1NC(=O)C(CC)Oc1ccc(CC)cc1. The lowest BCUT2D eigenvalue weighted by molar-refractivity contribution is -0.122. The molecule has 128 valence electrons. The minimum absolute atomic E-state index is 0.177. The monoisotopic (exact) mass is 327 g/mol. The summed E-state index contributed by atoms with van der Waals surface area (Å²) in [6.45, 7) is 6.49. The van der Waals surface area contributed by atoms with Crippen LogP contribution in [0, 0.1) is 0 Å². The molecule has 2 aromatic rings. The number of rotatable bonds is 8. The van der Waals surface area contributed by atoms with Crippen molar-refractivity contribution in [2.24, 2.45) is 0 Å². The summed E-state index contributed by atoms with van der Waals surface area (Å²) < 4.78 is 11.4. The predicted octanol–water partition coefficient (Wildman–Crippen LogP) is 4.44. The Morgan fingerprint density at radius 2 is 1.75 bits per heavy atom. The molecule has 0 saturated carbocycles. The molecule has 0 aliphatic carbocycles. The molecule has 0 radical (unpaired) electrons. The third-order valence-electron chi connectivity index (χ3n) is 3.72. The Labute approximate surface area is 143 Å². The van der Waals surface area contributed by atoms with Gasteiger partial charge < -0.3 is 14.8 Å². The summed E-state index contributed by atoms with van der Waals surface area (Å²) in [5, 5.41) is 2.90. The lowest BCUT2D eigenvalue weighted by atomic mass is 10.1. The highest BCUT2D eigenvalue weighted by molar-refractivity contribution is 5.95. The van der Waals surface area contributed by atoms with E-state index in [0.717, 1.165) is 6.42 Å². The molecule has 0 bridgehead atoms. The van der Waals surface area contributed by atoms with Crippen molar-refractivity contribution in [3.8, 4) is 11.5 Å². The number of para-hydroxylation sites is 2. The number of ether oxygens (including phenoxy) is 2. The zero-order chi connectivity index (χ0) is 17.4. The Bertz CT molecular complexity index is 652. The molecule has 0 saturated heterocycles. The van der Waals surface area contributed by atoms with Crippen LogP contribution in [0.3, 0.4) is 0 Å². The lowest BCUT2D eigenvalue weighted by Gasteiger charge is -2.18. The lowest BCUT2D eigenvalue weighted by Crippen LogP contribution is -2.32. The molecule has 1 amide bonds. The van der Waals surface area contributed by atoms with Crippen LogP contribution in [0.25, 0.3) is 0 Å². The van der Waals surface area contributed by atoms with Crippen LogP contribution >= 0.6 is 0 Å². The first-order valence-corrected chi connectivity index (χ1v) is 8.46. The molecule has 4 heteroatoms. The van der Waals surface area contributed by atoms with Gasteiger partial charge in [-0.2, -0.15) is 0 Å². The van der Waals surface area contributed by atoms with Crippen LogP contribution in [-0.4, -0.2) is 18.6 Å². The average Bonchev–Trinajstić information content (AvgIpc) is 2.62. The second-order valence-corrected chi connectivity index (χ2v) is 5.43. The molecule has 2 aromatic carbocycles. The number of benzene rings is 2. The second-order valence-electron chi connectivity index (χ2n) is 5.43. The highest BCUT2D eigenvalue weighted by Gasteiger charge is 2.19. The highest BCUT2D eigenvalue weighted by atomic mass is 16.5. The van der Waals surface area contributed by atoms with Gasteiger partial charge in [0.2, 0.25) is 0 Å². The van der Waals surface area contributed by atoms with Crippen molar-refractivity contribution in [1.82, 2.24) is 0 Å². The molecule has 2 rings (SSSR count). The summed E-state index contributed by atoms with van der Waals surface area (Å²) in [4.78, 5) is 12.5. The number of amides is 1. The average molecular weight is 327 g/mol. The van der Waals surface area contributed by atoms with Gasteiger partial charge in [-0.15, -0.1) is 0 Å². The molecule has 0 aliphatic heterocycles. The molecule has 0 heterocycles. The van der Waals surface area contributed by atoms with E-state index in [-0.39, 0.29) is 5.91 Å². The molecule has 1 unspecified atom stereocenters. The predicted molar refractivity (Wildman–Crippen MR) is 96.8 cm³/mol. The van der Waals surface area contributed by atoms with E-state index in [0.29, 0.717) is 30.2 Å². The first-order valence-electron chi connectivity index (χ1n) is 8.46. The van der Waals surface area contributed by atoms with Gasteiger partial charge in [0.25, 0.3) is 5.91 Å². The van der Waals surface area contributed by atoms with Crippen molar-refractivity contribution in [1.29, 1.82) is 0 Å². The summed E-state index contributed by atoms with van der Waals surface area (Å²) in [5.74, 6) is 1.19. The summed E-state index contributed by atoms with van der Waals surface area (Å²) in [5.41, 5.74) is 1.90. The van der Waals surface area contributed by atoms with Crippen molar-refractivity contribution in [3.63, 3.8) is 0 Å². The van der Waals surface area contributed by atoms with Gasteiger partial charge >= 0.3 is 0 Å². The van der Waals surface area contributed by atoms with E-state index in [9.17, 15) is 4.79 Å². The molecule has 0 aliphatic rings. The zero-order valence-electron chi connectivity index (χ0n) is 14.5. The van der Waals surface area contributed by atoms with E-state index in [1.54, 1.807) is 0 Å². The maximum atomic E-state index is 12.5. The minimum atomic E-state index is -0.549. The summed E-state index contributed by atoms with van der Waals surface area (Å²) >= 11 is 0. The maximum Gasteiger partial charge on any atom is 0.265 e. The van der Waals surface area contributed by atoms with Crippen LogP contribution in [-0.2, 0) is 11.2 Å². The molecule has 0 spiro atoms. The van der Waals surface area contributed by atoms with Gasteiger partial charge in [0.05, 0.1) is 12.3 Å². The van der Waals surface area contributed by atoms with Gasteiger partial charge in [-0.05, 0) is 49.6 Å². The van der Waals surface area contributed by atoms with Gasteiger partial charge in [0, 0.05) is 0 Å². The van der Waals surface area contributed by atoms with Crippen LogP contribution in [0.2, 0.25) is 0 Å². The fraction of sp³-hybridized carbons (Fsp3) is 0.350. The Morgan fingerprint density at radius 3 is 2.38 bits per heavy atom. The van der Waals surface area contributed by atoms with E-state index in [1.165, 1.54) is 5.56 Å². The largest absolute Gasteiger partial charge is 0.492 e. The van der Waals surface area contributed by atoms with Crippen LogP contribution < -0.4 is 14.8 Å². The molecule has 24 heavy (non-hydrogen) atoms. The van der Waals surface area contributed by atoms with Crippen LogP contribution in [0.5, 0.6) is 11.5 Å². The molecule has 1 N–H and O–H groups in total. The van der Waals surface area contributed by atoms with Crippen LogP contribution in [0.1, 0.15) is 32.8 Å². The summed E-state index contributed by atoms with van der Waals surface area (Å²) in [7, 11) is 0. The number of hydrogen-bond donors (Lipinski definition) is 1. The number of carbonyl (C=O) groups excluding carboxylic acids is 1. The molecular weight excluding hydrogens is 302 g/mol. The van der Waals surface area contributed by atoms with Crippen molar-refractivity contribution >= 4 is 11.6 Å². The molecule has 0 fully saturated rings. The smallest absolute Gasteiger partial charge is 0.265 e. The number of hydrogen-bond acceptors (Lipinski definition) is 3. The fourth-order valence-electron chi connectivity index (χ4n) is 2.35. The topological polar surface area (TPSA) is 47.6 Å². The van der Waals surface area contributed by atoms with Gasteiger partial charge in [-0.3, -0.25) is 4.79 Å². The maximum absolute atomic E-state index is 12.5. The van der Waals surface area contributed by atoms with E-state index in [1.807, 2.05) is 62.4 Å². The Balaban J connectivity index is 2.05. The first-order chi connectivity index (χ1) is 11.7. The Morgan fingerprint density at radius 1 is 1.04 bits per heavy atom.